The second kappa shape index (κ2) is 5.68. The van der Waals surface area contributed by atoms with Crippen LogP contribution >= 0.6 is 0 Å². The van der Waals surface area contributed by atoms with E-state index in [4.69, 9.17) is 4.74 Å². The van der Waals surface area contributed by atoms with Gasteiger partial charge in [0, 0.05) is 11.8 Å². The summed E-state index contributed by atoms with van der Waals surface area (Å²) in [5.74, 6) is 1.05. The van der Waals surface area contributed by atoms with Gasteiger partial charge in [-0.2, -0.15) is 0 Å². The average Bonchev–Trinajstić information content (AvgIpc) is 2.40. The second-order valence-corrected chi connectivity index (χ2v) is 6.26. The van der Waals surface area contributed by atoms with Crippen molar-refractivity contribution in [2.45, 2.75) is 40.0 Å². The van der Waals surface area contributed by atoms with Crippen molar-refractivity contribution in [2.24, 2.45) is 0 Å². The molecule has 0 unspecified atom stereocenters. The molecule has 0 spiro atoms. The molecule has 3 heteroatoms. The van der Waals surface area contributed by atoms with Crippen LogP contribution in [0.4, 0.5) is 0 Å². The zero-order valence-electron chi connectivity index (χ0n) is 13.2. The molecule has 0 fully saturated rings. The summed E-state index contributed by atoms with van der Waals surface area (Å²) in [5.41, 5.74) is 2.73. The van der Waals surface area contributed by atoms with Crippen LogP contribution in [0.3, 0.4) is 0 Å². The van der Waals surface area contributed by atoms with Crippen LogP contribution in [-0.4, -0.2) is 10.8 Å². The summed E-state index contributed by atoms with van der Waals surface area (Å²) in [6, 6.07) is 9.53. The highest BCUT2D eigenvalue weighted by atomic mass is 16.5. The van der Waals surface area contributed by atoms with Gasteiger partial charge in [0.25, 0.3) is 0 Å². The Hall–Kier alpha value is -2.16. The highest BCUT2D eigenvalue weighted by Gasteiger charge is 2.21. The van der Waals surface area contributed by atoms with E-state index in [9.17, 15) is 4.79 Å². The topological polar surface area (TPSA) is 39.2 Å². The van der Waals surface area contributed by atoms with Gasteiger partial charge < -0.3 is 4.74 Å². The van der Waals surface area contributed by atoms with Crippen LogP contribution in [0.1, 0.15) is 49.2 Å². The fourth-order valence-corrected chi connectivity index (χ4v) is 2.16. The van der Waals surface area contributed by atoms with E-state index in [1.807, 2.05) is 12.1 Å². The molecule has 3 nitrogen and oxygen atoms in total. The molecule has 0 aliphatic heterocycles. The lowest BCUT2D eigenvalue weighted by molar-refractivity contribution is 0.101. The van der Waals surface area contributed by atoms with Gasteiger partial charge in [-0.05, 0) is 37.5 Å². The first-order chi connectivity index (χ1) is 9.79. The van der Waals surface area contributed by atoms with Gasteiger partial charge in [0.2, 0.25) is 5.88 Å². The first kappa shape index (κ1) is 15.2. The Morgan fingerprint density at radius 3 is 2.52 bits per heavy atom. The predicted molar refractivity (Wildman–Crippen MR) is 84.2 cm³/mol. The quantitative estimate of drug-likeness (QED) is 0.768. The maximum atomic E-state index is 11.7. The maximum Gasteiger partial charge on any atom is 0.230 e. The molecule has 0 N–H and O–H groups in total. The summed E-state index contributed by atoms with van der Waals surface area (Å²) in [4.78, 5) is 15.9. The molecule has 1 heterocycles. The van der Waals surface area contributed by atoms with E-state index in [0.29, 0.717) is 11.4 Å². The number of aromatic nitrogens is 1. The first-order valence-corrected chi connectivity index (χ1v) is 7.04. The zero-order valence-corrected chi connectivity index (χ0v) is 13.2. The van der Waals surface area contributed by atoms with E-state index in [0.717, 1.165) is 11.3 Å². The zero-order chi connectivity index (χ0) is 15.6. The van der Waals surface area contributed by atoms with Crippen molar-refractivity contribution in [3.05, 3.63) is 53.2 Å². The Morgan fingerprint density at radius 1 is 1.19 bits per heavy atom. The molecule has 0 saturated carbocycles. The Kier molecular flexibility index (Phi) is 4.12. The van der Waals surface area contributed by atoms with Gasteiger partial charge in [0.15, 0.2) is 5.78 Å². The number of Topliss-reactive ketones (excluding diaryl/α,β-unsaturated/α-hetero) is 1. The number of ether oxygens (including phenoxy) is 1. The number of ketones is 1. The molecule has 0 bridgehead atoms. The average molecular weight is 283 g/mol. The van der Waals surface area contributed by atoms with Crippen molar-refractivity contribution in [1.29, 1.82) is 0 Å². The van der Waals surface area contributed by atoms with Crippen molar-refractivity contribution in [1.82, 2.24) is 4.98 Å². The monoisotopic (exact) mass is 283 g/mol. The lowest BCUT2D eigenvalue weighted by Gasteiger charge is -2.23. The second-order valence-electron chi connectivity index (χ2n) is 6.26. The molecular weight excluding hydrogens is 262 g/mol. The van der Waals surface area contributed by atoms with Crippen LogP contribution in [0, 0.1) is 6.92 Å². The van der Waals surface area contributed by atoms with Gasteiger partial charge in [-0.15, -0.1) is 0 Å². The molecule has 0 saturated heterocycles. The minimum atomic E-state index is -0.0532. The number of hydrogen-bond acceptors (Lipinski definition) is 3. The molecule has 2 rings (SSSR count). The number of nitrogens with zero attached hydrogens (tertiary/aromatic N) is 1. The van der Waals surface area contributed by atoms with Gasteiger partial charge in [-0.1, -0.05) is 38.5 Å². The first-order valence-electron chi connectivity index (χ1n) is 7.04. The van der Waals surface area contributed by atoms with Gasteiger partial charge in [-0.25, -0.2) is 4.98 Å². The highest BCUT2D eigenvalue weighted by molar-refractivity contribution is 5.96. The molecule has 1 aromatic heterocycles. The third kappa shape index (κ3) is 3.48. The normalized spacial score (nSPS) is 11.3. The SMILES string of the molecule is CC(=O)c1cccnc1Oc1ccc(C)cc1C(C)(C)C. The largest absolute Gasteiger partial charge is 0.438 e. The Morgan fingerprint density at radius 2 is 1.90 bits per heavy atom. The molecule has 110 valence electrons. The lowest BCUT2D eigenvalue weighted by atomic mass is 9.85. The fourth-order valence-electron chi connectivity index (χ4n) is 2.16. The number of benzene rings is 1. The third-order valence-electron chi connectivity index (χ3n) is 3.30. The molecular formula is C18H21NO2. The Balaban J connectivity index is 2.48. The van der Waals surface area contributed by atoms with Crippen molar-refractivity contribution >= 4 is 5.78 Å². The number of pyridine rings is 1. The van der Waals surface area contributed by atoms with Gasteiger partial charge >= 0.3 is 0 Å². The van der Waals surface area contributed by atoms with E-state index < -0.39 is 0 Å². The van der Waals surface area contributed by atoms with Gasteiger partial charge in [-0.3, -0.25) is 4.79 Å². The molecule has 0 aliphatic rings. The van der Waals surface area contributed by atoms with Crippen molar-refractivity contribution in [3.63, 3.8) is 0 Å². The van der Waals surface area contributed by atoms with E-state index >= 15 is 0 Å². The summed E-state index contributed by atoms with van der Waals surface area (Å²) >= 11 is 0. The summed E-state index contributed by atoms with van der Waals surface area (Å²) in [6.07, 6.45) is 1.63. The number of carbonyl (C=O) groups is 1. The molecule has 0 aliphatic carbocycles. The van der Waals surface area contributed by atoms with Crippen molar-refractivity contribution in [2.75, 3.05) is 0 Å². The number of hydrogen-bond donors (Lipinski definition) is 0. The van der Waals surface area contributed by atoms with Crippen LogP contribution < -0.4 is 4.74 Å². The maximum absolute atomic E-state index is 11.7. The molecule has 0 radical (unpaired) electrons. The highest BCUT2D eigenvalue weighted by Crippen LogP contribution is 2.35. The van der Waals surface area contributed by atoms with Crippen LogP contribution in [0.15, 0.2) is 36.5 Å². The van der Waals surface area contributed by atoms with Crippen LogP contribution in [0.5, 0.6) is 11.6 Å². The Labute approximate surface area is 126 Å². The van der Waals surface area contributed by atoms with Gasteiger partial charge in [0.05, 0.1) is 5.56 Å². The molecule has 0 atom stereocenters. The predicted octanol–water partition coefficient (Wildman–Crippen LogP) is 4.68. The smallest absolute Gasteiger partial charge is 0.230 e. The minimum absolute atomic E-state index is 0.0491. The van der Waals surface area contributed by atoms with E-state index in [1.165, 1.54) is 12.5 Å². The van der Waals surface area contributed by atoms with Crippen LogP contribution in [0.25, 0.3) is 0 Å². The standard InChI is InChI=1S/C18H21NO2/c1-12-8-9-16(15(11-12)18(3,4)5)21-17-14(13(2)20)7-6-10-19-17/h6-11H,1-5H3. The molecule has 1 aromatic carbocycles. The van der Waals surface area contributed by atoms with Crippen molar-refractivity contribution < 1.29 is 9.53 Å². The van der Waals surface area contributed by atoms with Crippen LogP contribution in [-0.2, 0) is 5.41 Å². The number of aryl methyl sites for hydroxylation is 1. The molecule has 2 aromatic rings. The van der Waals surface area contributed by atoms with E-state index in [1.54, 1.807) is 18.3 Å². The summed E-state index contributed by atoms with van der Waals surface area (Å²) in [5, 5.41) is 0. The van der Waals surface area contributed by atoms with Crippen molar-refractivity contribution in [3.8, 4) is 11.6 Å². The Bertz CT molecular complexity index is 669. The third-order valence-corrected chi connectivity index (χ3v) is 3.30. The number of rotatable bonds is 3. The molecule has 0 amide bonds. The lowest BCUT2D eigenvalue weighted by Crippen LogP contribution is -2.13. The van der Waals surface area contributed by atoms with E-state index in [2.05, 4.69) is 38.7 Å². The summed E-state index contributed by atoms with van der Waals surface area (Å²) in [7, 11) is 0. The number of carbonyl (C=O) groups excluding carboxylic acids is 1. The van der Waals surface area contributed by atoms with Crippen LogP contribution in [0.2, 0.25) is 0 Å². The summed E-state index contributed by atoms with van der Waals surface area (Å²) in [6.45, 7) is 9.99. The fraction of sp³-hybridized carbons (Fsp3) is 0.333. The minimum Gasteiger partial charge on any atom is -0.438 e. The summed E-state index contributed by atoms with van der Waals surface area (Å²) < 4.78 is 5.95. The van der Waals surface area contributed by atoms with Gasteiger partial charge in [0.1, 0.15) is 5.75 Å². The molecule has 21 heavy (non-hydrogen) atoms. The van der Waals surface area contributed by atoms with E-state index in [-0.39, 0.29) is 11.2 Å².